The van der Waals surface area contributed by atoms with Crippen LogP contribution in [0.4, 0.5) is 5.82 Å². The van der Waals surface area contributed by atoms with E-state index in [4.69, 9.17) is 4.52 Å². The molecule has 0 bridgehead atoms. The van der Waals surface area contributed by atoms with Gasteiger partial charge in [-0.3, -0.25) is 14.5 Å². The molecule has 1 fully saturated rings. The maximum Gasteiger partial charge on any atom is 0.253 e. The van der Waals surface area contributed by atoms with Gasteiger partial charge < -0.3 is 14.7 Å². The van der Waals surface area contributed by atoms with E-state index in [0.717, 1.165) is 5.69 Å². The molecule has 1 N–H and O–H groups in total. The first kappa shape index (κ1) is 18.7. The number of hydrogen-bond acceptors (Lipinski definition) is 8. The average Bonchev–Trinajstić information content (AvgIpc) is 3.40. The molecule has 11 heteroatoms. The highest BCUT2D eigenvalue weighted by Gasteiger charge is 2.23. The third-order valence-electron chi connectivity index (χ3n) is 4.65. The third-order valence-corrected chi connectivity index (χ3v) is 4.65. The molecule has 0 aliphatic carbocycles. The summed E-state index contributed by atoms with van der Waals surface area (Å²) in [6.07, 6.45) is 1.50. The van der Waals surface area contributed by atoms with Gasteiger partial charge in [-0.1, -0.05) is 5.16 Å². The Morgan fingerprint density at radius 2 is 1.90 bits per heavy atom. The maximum absolute atomic E-state index is 12.7. The summed E-state index contributed by atoms with van der Waals surface area (Å²) in [6.45, 7) is 4.38. The summed E-state index contributed by atoms with van der Waals surface area (Å²) in [5, 5.41) is 17.5. The number of tetrazole rings is 1. The lowest BCUT2D eigenvalue weighted by Gasteiger charge is -2.34. The highest BCUT2D eigenvalue weighted by molar-refractivity contribution is 5.94. The second-order valence-corrected chi connectivity index (χ2v) is 6.74. The van der Waals surface area contributed by atoms with Crippen LogP contribution in [0.1, 0.15) is 16.1 Å². The molecule has 0 radical (unpaired) electrons. The van der Waals surface area contributed by atoms with Crippen LogP contribution in [0.2, 0.25) is 0 Å². The zero-order valence-corrected chi connectivity index (χ0v) is 15.9. The van der Waals surface area contributed by atoms with Crippen molar-refractivity contribution in [3.8, 4) is 5.69 Å². The van der Waals surface area contributed by atoms with Gasteiger partial charge in [0.1, 0.15) is 12.1 Å². The fourth-order valence-electron chi connectivity index (χ4n) is 3.14. The Balaban J connectivity index is 1.27. The molecule has 2 amide bonds. The number of aryl methyl sites for hydroxylation is 1. The molecule has 3 aromatic rings. The van der Waals surface area contributed by atoms with E-state index in [1.54, 1.807) is 42.2 Å². The molecule has 0 unspecified atom stereocenters. The van der Waals surface area contributed by atoms with Crippen molar-refractivity contribution in [3.05, 3.63) is 48.0 Å². The first-order chi connectivity index (χ1) is 14.1. The summed E-state index contributed by atoms with van der Waals surface area (Å²) in [7, 11) is 0. The smallest absolute Gasteiger partial charge is 0.253 e. The van der Waals surface area contributed by atoms with Crippen molar-refractivity contribution in [2.75, 3.05) is 38.0 Å². The van der Waals surface area contributed by atoms with E-state index >= 15 is 0 Å². The molecule has 3 heterocycles. The van der Waals surface area contributed by atoms with Gasteiger partial charge in [0.25, 0.3) is 5.91 Å². The Hall–Kier alpha value is -3.60. The summed E-state index contributed by atoms with van der Waals surface area (Å²) in [4.78, 5) is 28.7. The number of benzene rings is 1. The second kappa shape index (κ2) is 8.19. The van der Waals surface area contributed by atoms with Gasteiger partial charge in [0.15, 0.2) is 5.82 Å². The van der Waals surface area contributed by atoms with Gasteiger partial charge in [0.05, 0.1) is 12.2 Å². The van der Waals surface area contributed by atoms with Gasteiger partial charge in [0.2, 0.25) is 5.91 Å². The Morgan fingerprint density at radius 3 is 2.52 bits per heavy atom. The lowest BCUT2D eigenvalue weighted by atomic mass is 10.1. The normalized spacial score (nSPS) is 14.7. The van der Waals surface area contributed by atoms with Crippen LogP contribution in [0.25, 0.3) is 5.69 Å². The van der Waals surface area contributed by atoms with Crippen LogP contribution >= 0.6 is 0 Å². The lowest BCUT2D eigenvalue weighted by Crippen LogP contribution is -2.50. The van der Waals surface area contributed by atoms with E-state index < -0.39 is 0 Å². The Morgan fingerprint density at radius 1 is 1.14 bits per heavy atom. The lowest BCUT2D eigenvalue weighted by molar-refractivity contribution is -0.117. The number of piperazine rings is 1. The highest BCUT2D eigenvalue weighted by Crippen LogP contribution is 2.13. The molecule has 4 rings (SSSR count). The molecule has 11 nitrogen and oxygen atoms in total. The van der Waals surface area contributed by atoms with Crippen LogP contribution in [0.5, 0.6) is 0 Å². The van der Waals surface area contributed by atoms with Gasteiger partial charge in [-0.2, -0.15) is 0 Å². The van der Waals surface area contributed by atoms with Crippen LogP contribution < -0.4 is 5.32 Å². The predicted molar refractivity (Wildman–Crippen MR) is 101 cm³/mol. The summed E-state index contributed by atoms with van der Waals surface area (Å²) in [5.74, 6) is 0.858. The van der Waals surface area contributed by atoms with Crippen LogP contribution in [0, 0.1) is 6.92 Å². The minimum absolute atomic E-state index is 0.0320. The topological polar surface area (TPSA) is 122 Å². The van der Waals surface area contributed by atoms with E-state index in [-0.39, 0.29) is 18.4 Å². The van der Waals surface area contributed by atoms with Crippen LogP contribution in [0.15, 0.2) is 41.2 Å². The van der Waals surface area contributed by atoms with Crippen molar-refractivity contribution >= 4 is 17.6 Å². The molecule has 1 aliphatic heterocycles. The van der Waals surface area contributed by atoms with Crippen molar-refractivity contribution < 1.29 is 14.1 Å². The monoisotopic (exact) mass is 396 g/mol. The van der Waals surface area contributed by atoms with E-state index in [0.29, 0.717) is 43.3 Å². The number of amides is 2. The average molecular weight is 396 g/mol. The number of aromatic nitrogens is 5. The second-order valence-electron chi connectivity index (χ2n) is 6.74. The maximum atomic E-state index is 12.7. The van der Waals surface area contributed by atoms with E-state index in [9.17, 15) is 9.59 Å². The molecular formula is C18H20N8O3. The van der Waals surface area contributed by atoms with Gasteiger partial charge in [-0.25, -0.2) is 4.68 Å². The number of anilines is 1. The predicted octanol–water partition coefficient (Wildman–Crippen LogP) is 0.355. The van der Waals surface area contributed by atoms with Crippen molar-refractivity contribution in [1.29, 1.82) is 0 Å². The van der Waals surface area contributed by atoms with E-state index in [1.165, 1.54) is 11.0 Å². The van der Waals surface area contributed by atoms with E-state index in [1.807, 2.05) is 4.90 Å². The van der Waals surface area contributed by atoms with Gasteiger partial charge in [0, 0.05) is 37.8 Å². The van der Waals surface area contributed by atoms with Gasteiger partial charge in [-0.15, -0.1) is 5.10 Å². The minimum Gasteiger partial charge on any atom is -0.360 e. The molecule has 1 aromatic carbocycles. The SMILES string of the molecule is Cc1cc(NC(=O)CN2CCN(C(=O)c3ccc(-n4cnnn4)cc3)CC2)no1. The number of nitrogens with one attached hydrogen (secondary N) is 1. The highest BCUT2D eigenvalue weighted by atomic mass is 16.5. The zero-order chi connectivity index (χ0) is 20.2. The van der Waals surface area contributed by atoms with E-state index in [2.05, 4.69) is 26.0 Å². The molecule has 1 aliphatic rings. The first-order valence-corrected chi connectivity index (χ1v) is 9.17. The quantitative estimate of drug-likeness (QED) is 0.656. The molecule has 0 saturated carbocycles. The summed E-state index contributed by atoms with van der Waals surface area (Å²) in [5.41, 5.74) is 1.39. The number of rotatable bonds is 5. The Labute approximate surface area is 166 Å². The Bertz CT molecular complexity index is 975. The molecule has 1 saturated heterocycles. The largest absolute Gasteiger partial charge is 0.360 e. The minimum atomic E-state index is -0.156. The summed E-state index contributed by atoms with van der Waals surface area (Å²) in [6, 6.07) is 8.79. The third kappa shape index (κ3) is 4.46. The number of nitrogens with zero attached hydrogens (tertiary/aromatic N) is 7. The van der Waals surface area contributed by atoms with Crippen LogP contribution in [-0.4, -0.2) is 79.7 Å². The molecule has 150 valence electrons. The van der Waals surface area contributed by atoms with Crippen molar-refractivity contribution in [3.63, 3.8) is 0 Å². The molecule has 0 spiro atoms. The molecule has 2 aromatic heterocycles. The first-order valence-electron chi connectivity index (χ1n) is 9.17. The summed E-state index contributed by atoms with van der Waals surface area (Å²) >= 11 is 0. The fourth-order valence-corrected chi connectivity index (χ4v) is 3.14. The fraction of sp³-hybridized carbons (Fsp3) is 0.333. The molecule has 0 atom stereocenters. The van der Waals surface area contributed by atoms with Crippen LogP contribution in [-0.2, 0) is 4.79 Å². The number of carbonyl (C=O) groups is 2. The molecular weight excluding hydrogens is 376 g/mol. The number of hydrogen-bond donors (Lipinski definition) is 1. The van der Waals surface area contributed by atoms with Crippen molar-refractivity contribution in [2.24, 2.45) is 0 Å². The zero-order valence-electron chi connectivity index (χ0n) is 15.9. The molecule has 29 heavy (non-hydrogen) atoms. The van der Waals surface area contributed by atoms with Gasteiger partial charge >= 0.3 is 0 Å². The van der Waals surface area contributed by atoms with Crippen molar-refractivity contribution in [1.82, 2.24) is 35.2 Å². The Kier molecular flexibility index (Phi) is 5.29. The van der Waals surface area contributed by atoms with Crippen LogP contribution in [0.3, 0.4) is 0 Å². The van der Waals surface area contributed by atoms with Crippen molar-refractivity contribution in [2.45, 2.75) is 6.92 Å². The van der Waals surface area contributed by atoms with Gasteiger partial charge in [-0.05, 0) is 41.6 Å². The standard InChI is InChI=1S/C18H20N8O3/c1-13-10-16(21-29-13)20-17(27)11-24-6-8-25(9-7-24)18(28)14-2-4-15(5-3-14)26-12-19-22-23-26/h2-5,10,12H,6-9,11H2,1H3,(H,20,21,27). The summed E-state index contributed by atoms with van der Waals surface area (Å²) < 4.78 is 6.46. The number of carbonyl (C=O) groups excluding carboxylic acids is 2.